The fraction of sp³-hybridized carbons (Fsp3) is 0.365. The Kier molecular flexibility index (Phi) is 67.3. The lowest BCUT2D eigenvalue weighted by Gasteiger charge is -2.31. The largest absolute Gasteiger partial charge is 0.481 e. The van der Waals surface area contributed by atoms with Gasteiger partial charge in [-0.1, -0.05) is 333 Å². The molecule has 798 valence electrons. The van der Waals surface area contributed by atoms with E-state index in [1.165, 1.54) is 26.8 Å². The molecule has 10 aromatic carbocycles. The summed E-state index contributed by atoms with van der Waals surface area (Å²) in [6, 6.07) is 94.9. The molecule has 0 aliphatic rings. The number of benzene rings is 10. The molecule has 2 unspecified atom stereocenters. The molecule has 4 atom stereocenters. The number of aliphatic carboxylic acids is 3. The lowest BCUT2D eigenvalue weighted by molar-refractivity contribution is -0.176. The highest BCUT2D eigenvalue weighted by Crippen LogP contribution is 2.26. The summed E-state index contributed by atoms with van der Waals surface area (Å²) in [6.07, 6.45) is 3.19. The number of halogens is 1. The first kappa shape index (κ1) is 127. The summed E-state index contributed by atoms with van der Waals surface area (Å²) < 4.78 is 78.0. The molecule has 0 aromatic heterocycles. The monoisotopic (exact) mass is 2110 g/mol. The number of aldehydes is 1. The molecule has 10 rings (SSSR count). The molecule has 0 spiro atoms. The zero-order valence-corrected chi connectivity index (χ0v) is 87.0. The van der Waals surface area contributed by atoms with Crippen LogP contribution in [-0.2, 0) is 185 Å². The highest BCUT2D eigenvalue weighted by Gasteiger charge is 2.50. The number of allylic oxidation sites excluding steroid dienone is 1. The van der Waals surface area contributed by atoms with Gasteiger partial charge >= 0.3 is 41.8 Å². The molecule has 0 saturated carbocycles. The van der Waals surface area contributed by atoms with Crippen molar-refractivity contribution < 1.29 is 134 Å². The van der Waals surface area contributed by atoms with Crippen molar-refractivity contribution in [1.29, 1.82) is 0 Å². The molecular weight excluding hydrogens is 1970 g/mol. The highest BCUT2D eigenvalue weighted by molar-refractivity contribution is 9.09. The predicted molar refractivity (Wildman–Crippen MR) is 561 cm³/mol. The maximum atomic E-state index is 12.9. The number of amides is 3. The van der Waals surface area contributed by atoms with Crippen LogP contribution in [0.4, 0.5) is 0 Å². The van der Waals surface area contributed by atoms with Crippen molar-refractivity contribution in [2.45, 2.75) is 234 Å². The molecule has 0 heterocycles. The van der Waals surface area contributed by atoms with E-state index in [0.29, 0.717) is 97.7 Å². The predicted octanol–water partition coefficient (Wildman–Crippen LogP) is 18.3. The summed E-state index contributed by atoms with van der Waals surface area (Å²) in [5.74, 6) is -8.09. The quantitative estimate of drug-likeness (QED) is 0.00354. The Morgan fingerprint density at radius 1 is 0.338 bits per heavy atom. The van der Waals surface area contributed by atoms with Crippen molar-refractivity contribution in [3.8, 4) is 0 Å². The van der Waals surface area contributed by atoms with Crippen molar-refractivity contribution in [1.82, 2.24) is 16.0 Å². The first-order chi connectivity index (χ1) is 71.6. The Bertz CT molecular complexity index is 5040. The van der Waals surface area contributed by atoms with Gasteiger partial charge in [0.25, 0.3) is 0 Å². The second-order valence-electron chi connectivity index (χ2n) is 32.6. The van der Waals surface area contributed by atoms with Gasteiger partial charge in [-0.2, -0.15) is 0 Å². The van der Waals surface area contributed by atoms with Gasteiger partial charge in [-0.05, 0) is 121 Å². The zero-order chi connectivity index (χ0) is 108. The summed E-state index contributed by atoms with van der Waals surface area (Å²) in [7, 11) is 1.12. The number of alkyl halides is 1. The molecule has 0 aliphatic heterocycles. The van der Waals surface area contributed by atoms with Crippen LogP contribution in [0.15, 0.2) is 316 Å². The molecule has 0 aliphatic carbocycles. The van der Waals surface area contributed by atoms with E-state index >= 15 is 0 Å². The van der Waals surface area contributed by atoms with Crippen molar-refractivity contribution in [3.63, 3.8) is 0 Å². The first-order valence-electron chi connectivity index (χ1n) is 48.6. The smallest absolute Gasteiger partial charge is 0.343 e. The first-order valence-corrected chi connectivity index (χ1v) is 49.8. The minimum Gasteiger partial charge on any atom is -0.481 e. The molecule has 0 fully saturated rings. The fourth-order valence-corrected chi connectivity index (χ4v) is 13.6. The van der Waals surface area contributed by atoms with Gasteiger partial charge in [0, 0.05) is 51.8 Å². The van der Waals surface area contributed by atoms with Gasteiger partial charge < -0.3 is 103 Å². The molecule has 8 N–H and O–H groups in total. The number of nitrogens with two attached hydrogens (primary N) is 1. The topological polar surface area (TPSA) is 440 Å². The van der Waals surface area contributed by atoms with Crippen LogP contribution in [0.3, 0.4) is 0 Å². The van der Waals surface area contributed by atoms with Crippen molar-refractivity contribution >= 4 is 81.7 Å². The molecule has 0 radical (unpaired) electrons. The van der Waals surface area contributed by atoms with E-state index in [1.54, 1.807) is 20.8 Å². The van der Waals surface area contributed by atoms with Gasteiger partial charge in [0.05, 0.1) is 98.9 Å². The van der Waals surface area contributed by atoms with Gasteiger partial charge in [-0.15, -0.1) is 0 Å². The lowest BCUT2D eigenvalue weighted by atomic mass is 9.92. The maximum absolute atomic E-state index is 12.9. The standard InChI is InChI=1S/C26H33NO7.C21H25NO5.C21H26O4.C19H23NO4.C17H19BrO2.C8H13NO5.C3H4O/c1-4-31-24(29)26(27-20(3)28,25(30)32-5-2)17-16-23(33-18-21-12-8-6-9-13-21)34-19-22-14-10-7-11-15-22;1-16(23)22-19(21(24)25)12-13-20(26-14-17-8-4-2-5-9-17)27-15-18-10-6-3-7-11-18;1-2-19(21(22)23)13-14-20(24-15-17-9-5-3-6-10-17)25-16-18-11-7-4-8-12-18;20-17(19(21)22)11-12-18(23-13-15-7-3-1-4-8-15)24-14-16-9-5-2-6-10-16;18-12-11-17(19-13-15-7-3-1-4-8-15)20-14-16-9-5-2-6-10-16;1-4-14-8(12)6(7(11)13-3)9-5(2)10;1-2-3-4/h6-15,23H,4-5,16-19H2,1-3H3,(H,27,28);2-11,19-20H,12-15H2,1H3,(H,22,23)(H,24,25);3-12,19-20H,2,13-16H2,1H3,(H,22,23);1-10,17-18H,11-14,20H2,(H,21,22);1-10,17H,11-14H2;6H,4H2,1-3H3,(H,9,10);2-3H,1H2/t;;19-;17-;;;/m..00.../s1. The number of hydrogen-bond acceptors (Lipinski definition) is 26. The lowest BCUT2D eigenvalue weighted by Crippen LogP contribution is -2.61. The number of rotatable bonds is 59. The van der Waals surface area contributed by atoms with E-state index in [4.69, 9.17) is 72.5 Å². The van der Waals surface area contributed by atoms with Crippen molar-refractivity contribution in [2.75, 3.05) is 32.3 Å². The number of nitrogens with one attached hydrogen (secondary N) is 3. The van der Waals surface area contributed by atoms with Crippen molar-refractivity contribution in [3.05, 3.63) is 372 Å². The summed E-state index contributed by atoms with van der Waals surface area (Å²) in [4.78, 5) is 124. The Hall–Kier alpha value is -13.7. The number of carbonyl (C=O) groups is 11. The van der Waals surface area contributed by atoms with Crippen LogP contribution >= 0.6 is 15.9 Å². The SMILES string of the molecule is BrCCC(OCc1ccccc1)OCc1ccccc1.C=CC=O.CC(=O)NC(CCC(OCc1ccccc1)OCc1ccccc1)C(=O)O.CCOC(=O)C(CCC(OCc1ccccc1)OCc1ccccc1)(NC(C)=O)C(=O)OCC.CCOC(=O)C(NC(C)=O)C(=O)OC.CC[C@@H](CCC(OCc1ccccc1)OCc1ccccc1)C(=O)O.N[C@@H](CCC(OCc1ccccc1)OCc1ccccc1)C(=O)O. The van der Waals surface area contributed by atoms with Crippen LogP contribution in [0.2, 0.25) is 0 Å². The number of carbonyl (C=O) groups excluding carboxylic acids is 8. The van der Waals surface area contributed by atoms with Gasteiger partial charge in [-0.25, -0.2) is 24.0 Å². The molecule has 3 amide bonds. The summed E-state index contributed by atoms with van der Waals surface area (Å²) >= 11 is 3.44. The Morgan fingerprint density at radius 2 is 0.588 bits per heavy atom. The van der Waals surface area contributed by atoms with E-state index in [0.717, 1.165) is 74.5 Å². The Labute approximate surface area is 876 Å². The van der Waals surface area contributed by atoms with Crippen molar-refractivity contribution in [2.24, 2.45) is 11.7 Å². The van der Waals surface area contributed by atoms with E-state index in [1.807, 2.05) is 286 Å². The van der Waals surface area contributed by atoms with Gasteiger partial charge in [0.1, 0.15) is 18.4 Å². The minimum atomic E-state index is -2.00. The Balaban J connectivity index is 0.000000372. The Morgan fingerprint density at radius 3 is 0.797 bits per heavy atom. The number of carboxylic acid groups (broad SMARTS) is 3. The molecule has 148 heavy (non-hydrogen) atoms. The third-order valence-electron chi connectivity index (χ3n) is 20.9. The normalized spacial score (nSPS) is 11.5. The van der Waals surface area contributed by atoms with Crippen LogP contribution in [0.1, 0.15) is 168 Å². The number of methoxy groups -OCH3 is 1. The molecule has 0 saturated heterocycles. The number of hydrogen-bond donors (Lipinski definition) is 7. The maximum Gasteiger partial charge on any atom is 0.343 e. The van der Waals surface area contributed by atoms with Gasteiger partial charge in [0.2, 0.25) is 29.3 Å². The molecule has 10 aromatic rings. The van der Waals surface area contributed by atoms with Gasteiger partial charge in [-0.3, -0.25) is 28.8 Å². The summed E-state index contributed by atoms with van der Waals surface area (Å²) in [6.45, 7) is 17.9. The average molecular weight is 2110 g/mol. The van der Waals surface area contributed by atoms with Crippen LogP contribution in [-0.4, -0.2) is 168 Å². The number of esters is 4. The van der Waals surface area contributed by atoms with E-state index < -0.39 is 102 Å². The van der Waals surface area contributed by atoms with Crippen LogP contribution in [0, 0.1) is 5.92 Å². The third-order valence-corrected chi connectivity index (χ3v) is 21.4. The van der Waals surface area contributed by atoms with Crippen LogP contribution < -0.4 is 21.7 Å². The van der Waals surface area contributed by atoms with Crippen LogP contribution in [0.25, 0.3) is 0 Å². The molecule has 32 nitrogen and oxygen atoms in total. The molecule has 33 heteroatoms. The van der Waals surface area contributed by atoms with E-state index in [-0.39, 0.29) is 70.4 Å². The summed E-state index contributed by atoms with van der Waals surface area (Å²) in [5, 5.41) is 35.3. The number of carboxylic acids is 3. The second-order valence-corrected chi connectivity index (χ2v) is 33.4. The third kappa shape index (κ3) is 57.5. The molecule has 0 bridgehead atoms. The summed E-state index contributed by atoms with van der Waals surface area (Å²) in [5.41, 5.74) is 14.0. The van der Waals surface area contributed by atoms with E-state index in [2.05, 4.69) is 72.2 Å². The second kappa shape index (κ2) is 78.6. The van der Waals surface area contributed by atoms with Gasteiger partial charge in [0.15, 0.2) is 31.5 Å². The minimum absolute atomic E-state index is 0.0397. The highest BCUT2D eigenvalue weighted by atomic mass is 79.9. The number of ether oxygens (including phenoxy) is 14. The van der Waals surface area contributed by atoms with E-state index in [9.17, 15) is 58.2 Å². The molecular formula is C115H143BrN4O28. The zero-order valence-electron chi connectivity index (χ0n) is 85.4. The average Bonchev–Trinajstić information content (AvgIpc) is 0.798. The van der Waals surface area contributed by atoms with Crippen LogP contribution in [0.5, 0.6) is 0 Å². The fourth-order valence-electron chi connectivity index (χ4n) is 13.2.